The molecule has 0 unspecified atom stereocenters. The van der Waals surface area contributed by atoms with Crippen molar-refractivity contribution in [2.24, 2.45) is 0 Å². The van der Waals surface area contributed by atoms with Gasteiger partial charge in [0.15, 0.2) is 0 Å². The zero-order valence-electron chi connectivity index (χ0n) is 8.37. The van der Waals surface area contributed by atoms with Gasteiger partial charge in [0.2, 0.25) is 0 Å². The molecule has 0 radical (unpaired) electrons. The van der Waals surface area contributed by atoms with Crippen molar-refractivity contribution < 1.29 is 10.6 Å². The molecule has 0 bridgehead atoms. The Hall–Kier alpha value is -0.860. The second kappa shape index (κ2) is 6.63. The smallest absolute Gasteiger partial charge is 0.101 e. The van der Waals surface area contributed by atoms with Crippen molar-refractivity contribution in [2.75, 3.05) is 20.1 Å². The quantitative estimate of drug-likeness (QED) is 0.545. The van der Waals surface area contributed by atoms with Gasteiger partial charge in [0.25, 0.3) is 0 Å². The highest BCUT2D eigenvalue weighted by Crippen LogP contribution is 1.94. The summed E-state index contributed by atoms with van der Waals surface area (Å²) < 4.78 is 0. The first-order valence-electron chi connectivity index (χ1n) is 5.07. The SMILES string of the molecule is C[NH2+]CCC[NH2+]Cc1ccccc1. The molecule has 2 heteroatoms. The second-order valence-electron chi connectivity index (χ2n) is 3.32. The first-order valence-corrected chi connectivity index (χ1v) is 5.07. The molecular formula is C11H20N2+2. The summed E-state index contributed by atoms with van der Waals surface area (Å²) >= 11 is 0. The van der Waals surface area contributed by atoms with E-state index in [4.69, 9.17) is 0 Å². The van der Waals surface area contributed by atoms with Crippen LogP contribution in [0.1, 0.15) is 12.0 Å². The van der Waals surface area contributed by atoms with Crippen molar-refractivity contribution in [1.29, 1.82) is 0 Å². The van der Waals surface area contributed by atoms with E-state index in [-0.39, 0.29) is 0 Å². The van der Waals surface area contributed by atoms with Gasteiger partial charge in [0, 0.05) is 12.0 Å². The predicted molar refractivity (Wildman–Crippen MR) is 54.3 cm³/mol. The van der Waals surface area contributed by atoms with Crippen LogP contribution >= 0.6 is 0 Å². The van der Waals surface area contributed by atoms with Gasteiger partial charge in [0.05, 0.1) is 20.1 Å². The Kier molecular flexibility index (Phi) is 5.22. The van der Waals surface area contributed by atoms with Gasteiger partial charge in [-0.15, -0.1) is 0 Å². The van der Waals surface area contributed by atoms with Gasteiger partial charge in [-0.05, 0) is 0 Å². The molecule has 1 aromatic rings. The third-order valence-electron chi connectivity index (χ3n) is 2.12. The summed E-state index contributed by atoms with van der Waals surface area (Å²) in [6.07, 6.45) is 1.29. The zero-order valence-corrected chi connectivity index (χ0v) is 8.37. The molecule has 0 aliphatic heterocycles. The number of benzene rings is 1. The monoisotopic (exact) mass is 180 g/mol. The molecule has 0 fully saturated rings. The van der Waals surface area contributed by atoms with Crippen LogP contribution in [0.15, 0.2) is 30.3 Å². The highest BCUT2D eigenvalue weighted by molar-refractivity contribution is 5.12. The molecule has 0 aliphatic carbocycles. The highest BCUT2D eigenvalue weighted by Gasteiger charge is 1.93. The van der Waals surface area contributed by atoms with Crippen molar-refractivity contribution in [3.63, 3.8) is 0 Å². The first-order chi connectivity index (χ1) is 6.43. The minimum absolute atomic E-state index is 1.12. The number of nitrogens with two attached hydrogens (primary N) is 2. The molecule has 0 aromatic heterocycles. The molecule has 13 heavy (non-hydrogen) atoms. The fourth-order valence-electron chi connectivity index (χ4n) is 1.35. The molecule has 0 aliphatic rings. The van der Waals surface area contributed by atoms with Crippen molar-refractivity contribution in [3.8, 4) is 0 Å². The fraction of sp³-hybridized carbons (Fsp3) is 0.455. The van der Waals surface area contributed by atoms with Crippen LogP contribution in [0.25, 0.3) is 0 Å². The van der Waals surface area contributed by atoms with Crippen molar-refractivity contribution in [3.05, 3.63) is 35.9 Å². The summed E-state index contributed by atoms with van der Waals surface area (Å²) in [5.41, 5.74) is 1.42. The second-order valence-corrected chi connectivity index (χ2v) is 3.32. The van der Waals surface area contributed by atoms with E-state index >= 15 is 0 Å². The lowest BCUT2D eigenvalue weighted by Gasteiger charge is -2.00. The van der Waals surface area contributed by atoms with E-state index in [0.29, 0.717) is 0 Å². The van der Waals surface area contributed by atoms with Crippen LogP contribution in [-0.2, 0) is 6.54 Å². The molecule has 72 valence electrons. The zero-order chi connectivity index (χ0) is 9.36. The van der Waals surface area contributed by atoms with Crippen LogP contribution in [0.3, 0.4) is 0 Å². The average Bonchev–Trinajstić information content (AvgIpc) is 2.19. The number of quaternary nitrogens is 2. The molecule has 0 saturated carbocycles. The third kappa shape index (κ3) is 4.65. The lowest BCUT2D eigenvalue weighted by atomic mass is 10.2. The Morgan fingerprint density at radius 3 is 2.54 bits per heavy atom. The molecule has 0 atom stereocenters. The molecule has 1 rings (SSSR count). The van der Waals surface area contributed by atoms with Crippen molar-refractivity contribution in [2.45, 2.75) is 13.0 Å². The molecule has 1 aromatic carbocycles. The lowest BCUT2D eigenvalue weighted by Crippen LogP contribution is -2.85. The van der Waals surface area contributed by atoms with E-state index in [1.165, 1.54) is 25.1 Å². The number of hydrogen-bond donors (Lipinski definition) is 2. The van der Waals surface area contributed by atoms with Crippen molar-refractivity contribution in [1.82, 2.24) is 0 Å². The van der Waals surface area contributed by atoms with Gasteiger partial charge in [-0.2, -0.15) is 0 Å². The maximum absolute atomic E-state index is 2.37. The average molecular weight is 180 g/mol. The number of hydrogen-bond acceptors (Lipinski definition) is 0. The maximum atomic E-state index is 2.37. The Morgan fingerprint density at radius 1 is 1.08 bits per heavy atom. The summed E-state index contributed by atoms with van der Waals surface area (Å²) in [7, 11) is 2.12. The van der Waals surface area contributed by atoms with Gasteiger partial charge in [0.1, 0.15) is 6.54 Å². The third-order valence-corrected chi connectivity index (χ3v) is 2.12. The summed E-state index contributed by atoms with van der Waals surface area (Å²) in [6, 6.07) is 10.6. The van der Waals surface area contributed by atoms with E-state index in [1.807, 2.05) is 0 Å². The van der Waals surface area contributed by atoms with Crippen molar-refractivity contribution >= 4 is 0 Å². The summed E-state index contributed by atoms with van der Waals surface area (Å²) in [5.74, 6) is 0. The summed E-state index contributed by atoms with van der Waals surface area (Å²) in [4.78, 5) is 0. The van der Waals surface area contributed by atoms with Gasteiger partial charge in [-0.3, -0.25) is 0 Å². The summed E-state index contributed by atoms with van der Waals surface area (Å²) in [5, 5.41) is 4.61. The van der Waals surface area contributed by atoms with Crippen LogP contribution in [0.4, 0.5) is 0 Å². The minimum Gasteiger partial charge on any atom is -0.349 e. The standard InChI is InChI=1S/C11H18N2/c1-12-8-5-9-13-10-11-6-3-2-4-7-11/h2-4,6-7,12-13H,5,8-10H2,1H3/p+2. The Bertz CT molecular complexity index is 209. The molecule has 0 amide bonds. The van der Waals surface area contributed by atoms with Gasteiger partial charge in [-0.25, -0.2) is 0 Å². The van der Waals surface area contributed by atoms with Crippen LogP contribution in [0, 0.1) is 0 Å². The van der Waals surface area contributed by atoms with E-state index in [1.54, 1.807) is 0 Å². The molecule has 0 spiro atoms. The van der Waals surface area contributed by atoms with Crippen LogP contribution in [0.2, 0.25) is 0 Å². The first kappa shape index (κ1) is 10.2. The largest absolute Gasteiger partial charge is 0.349 e. The predicted octanol–water partition coefficient (Wildman–Crippen LogP) is -0.667. The van der Waals surface area contributed by atoms with Gasteiger partial charge in [-0.1, -0.05) is 30.3 Å². The fourth-order valence-corrected chi connectivity index (χ4v) is 1.35. The maximum Gasteiger partial charge on any atom is 0.101 e. The van der Waals surface area contributed by atoms with Crippen LogP contribution < -0.4 is 10.6 Å². The minimum atomic E-state index is 1.12. The molecule has 0 saturated heterocycles. The van der Waals surface area contributed by atoms with Gasteiger partial charge >= 0.3 is 0 Å². The Morgan fingerprint density at radius 2 is 1.85 bits per heavy atom. The van der Waals surface area contributed by atoms with E-state index in [9.17, 15) is 0 Å². The number of rotatable bonds is 6. The van der Waals surface area contributed by atoms with E-state index in [0.717, 1.165) is 6.54 Å². The van der Waals surface area contributed by atoms with E-state index in [2.05, 4.69) is 48.0 Å². The molecule has 2 nitrogen and oxygen atoms in total. The van der Waals surface area contributed by atoms with Crippen LogP contribution in [-0.4, -0.2) is 20.1 Å². The van der Waals surface area contributed by atoms with Crippen LogP contribution in [0.5, 0.6) is 0 Å². The Labute approximate surface area is 80.4 Å². The normalized spacial score (nSPS) is 10.2. The Balaban J connectivity index is 2.07. The highest BCUT2D eigenvalue weighted by atomic mass is 14.9. The molecule has 4 N–H and O–H groups in total. The van der Waals surface area contributed by atoms with E-state index < -0.39 is 0 Å². The topological polar surface area (TPSA) is 33.2 Å². The van der Waals surface area contributed by atoms with Gasteiger partial charge < -0.3 is 10.6 Å². The summed E-state index contributed by atoms with van der Waals surface area (Å²) in [6.45, 7) is 3.59. The molecule has 0 heterocycles. The lowest BCUT2D eigenvalue weighted by molar-refractivity contribution is -0.682. The molecular weight excluding hydrogens is 160 g/mol.